The van der Waals surface area contributed by atoms with Crippen LogP contribution in [0.1, 0.15) is 29.8 Å². The van der Waals surface area contributed by atoms with Crippen molar-refractivity contribution in [3.63, 3.8) is 0 Å². The number of hydrogen-bond donors (Lipinski definition) is 2. The Balaban J connectivity index is 3.06. The molecule has 1 aromatic rings. The maximum Gasteiger partial charge on any atom is 0.320 e. The van der Waals surface area contributed by atoms with Crippen LogP contribution >= 0.6 is 0 Å². The molecule has 0 amide bonds. The fourth-order valence-corrected chi connectivity index (χ4v) is 1.58. The summed E-state index contributed by atoms with van der Waals surface area (Å²) in [6, 6.07) is 3.95. The fraction of sp³-hybridized carbons (Fsp3) is 0.385. The second kappa shape index (κ2) is 6.16. The lowest BCUT2D eigenvalue weighted by atomic mass is 10.0. The molecule has 0 aliphatic rings. The lowest BCUT2D eigenvalue weighted by Gasteiger charge is -2.13. The van der Waals surface area contributed by atoms with Gasteiger partial charge in [-0.05, 0) is 37.6 Å². The van der Waals surface area contributed by atoms with Crippen molar-refractivity contribution < 1.29 is 19.4 Å². The van der Waals surface area contributed by atoms with E-state index in [2.05, 4.69) is 0 Å². The number of carbonyl (C=O) groups excluding carboxylic acids is 1. The summed E-state index contributed by atoms with van der Waals surface area (Å²) in [7, 11) is 0. The van der Waals surface area contributed by atoms with Crippen LogP contribution < -0.4 is 10.5 Å². The zero-order chi connectivity index (χ0) is 13.7. The number of Topliss-reactive ketones (excluding diaryl/α,β-unsaturated/α-hetero) is 1. The number of ether oxygens (including phenoxy) is 1. The van der Waals surface area contributed by atoms with Gasteiger partial charge in [-0.3, -0.25) is 9.59 Å². The zero-order valence-corrected chi connectivity index (χ0v) is 10.5. The lowest BCUT2D eigenvalue weighted by Crippen LogP contribution is -2.32. The summed E-state index contributed by atoms with van der Waals surface area (Å²) in [6.07, 6.45) is 0.131. The van der Waals surface area contributed by atoms with Crippen LogP contribution in [0.2, 0.25) is 0 Å². The van der Waals surface area contributed by atoms with Crippen molar-refractivity contribution in [2.24, 2.45) is 5.73 Å². The maximum absolute atomic E-state index is 11.3. The molecule has 0 aliphatic heterocycles. The van der Waals surface area contributed by atoms with Crippen LogP contribution in [0.5, 0.6) is 5.75 Å². The van der Waals surface area contributed by atoms with Crippen molar-refractivity contribution in [2.75, 3.05) is 6.61 Å². The molecule has 0 spiro atoms. The minimum atomic E-state index is -1.08. The van der Waals surface area contributed by atoms with Gasteiger partial charge < -0.3 is 15.6 Å². The maximum atomic E-state index is 11.3. The third-order valence-corrected chi connectivity index (χ3v) is 2.52. The molecular formula is C13H17NO4. The highest BCUT2D eigenvalue weighted by atomic mass is 16.5. The third-order valence-electron chi connectivity index (χ3n) is 2.52. The van der Waals surface area contributed by atoms with Crippen molar-refractivity contribution in [2.45, 2.75) is 26.3 Å². The van der Waals surface area contributed by atoms with E-state index in [-0.39, 0.29) is 12.2 Å². The standard InChI is InChI=1S/C13H17NO4/c1-3-18-12-5-4-9(8(2)15)6-10(12)7-11(14)13(16)17/h4-6,11H,3,7,14H2,1-2H3,(H,16,17)/t11-/m1/s1. The van der Waals surface area contributed by atoms with E-state index in [0.717, 1.165) is 0 Å². The number of carboxylic acid groups (broad SMARTS) is 1. The van der Waals surface area contributed by atoms with Gasteiger partial charge >= 0.3 is 5.97 Å². The van der Waals surface area contributed by atoms with E-state index in [9.17, 15) is 9.59 Å². The Labute approximate surface area is 106 Å². The van der Waals surface area contributed by atoms with Crippen LogP contribution in [-0.2, 0) is 11.2 Å². The first-order chi connectivity index (χ1) is 8.45. The van der Waals surface area contributed by atoms with Crippen LogP contribution in [0.3, 0.4) is 0 Å². The predicted octanol–water partition coefficient (Wildman–Crippen LogP) is 1.24. The molecule has 0 radical (unpaired) electrons. The van der Waals surface area contributed by atoms with Gasteiger partial charge in [0.05, 0.1) is 6.61 Å². The van der Waals surface area contributed by atoms with Gasteiger partial charge in [-0.15, -0.1) is 0 Å². The summed E-state index contributed by atoms with van der Waals surface area (Å²) in [5, 5.41) is 8.81. The van der Waals surface area contributed by atoms with Gasteiger partial charge in [0, 0.05) is 12.0 Å². The second-order valence-electron chi connectivity index (χ2n) is 3.96. The number of benzene rings is 1. The summed E-state index contributed by atoms with van der Waals surface area (Å²) in [5.74, 6) is -0.590. The molecule has 0 saturated heterocycles. The topological polar surface area (TPSA) is 89.6 Å². The Morgan fingerprint density at radius 2 is 2.11 bits per heavy atom. The first-order valence-electron chi connectivity index (χ1n) is 5.70. The summed E-state index contributed by atoms with van der Waals surface area (Å²) in [4.78, 5) is 22.1. The number of rotatable bonds is 6. The van der Waals surface area contributed by atoms with E-state index in [1.54, 1.807) is 18.2 Å². The quantitative estimate of drug-likeness (QED) is 0.742. The van der Waals surface area contributed by atoms with Gasteiger partial charge in [0.15, 0.2) is 5.78 Å². The Morgan fingerprint density at radius 3 is 2.61 bits per heavy atom. The normalized spacial score (nSPS) is 11.9. The van der Waals surface area contributed by atoms with Gasteiger partial charge in [0.1, 0.15) is 11.8 Å². The monoisotopic (exact) mass is 251 g/mol. The minimum absolute atomic E-state index is 0.0804. The number of nitrogens with two attached hydrogens (primary N) is 1. The molecule has 5 nitrogen and oxygen atoms in total. The van der Waals surface area contributed by atoms with Crippen molar-refractivity contribution in [3.05, 3.63) is 29.3 Å². The Bertz CT molecular complexity index is 456. The number of ketones is 1. The average molecular weight is 251 g/mol. The molecule has 0 heterocycles. The summed E-state index contributed by atoms with van der Waals surface area (Å²) >= 11 is 0. The molecule has 1 aromatic carbocycles. The van der Waals surface area contributed by atoms with E-state index < -0.39 is 12.0 Å². The van der Waals surface area contributed by atoms with Crippen molar-refractivity contribution in [1.29, 1.82) is 0 Å². The van der Waals surface area contributed by atoms with E-state index in [4.69, 9.17) is 15.6 Å². The van der Waals surface area contributed by atoms with Crippen LogP contribution in [0, 0.1) is 0 Å². The number of carbonyl (C=O) groups is 2. The highest BCUT2D eigenvalue weighted by molar-refractivity contribution is 5.94. The summed E-state index contributed by atoms with van der Waals surface area (Å²) in [6.45, 7) is 3.76. The summed E-state index contributed by atoms with van der Waals surface area (Å²) in [5.41, 5.74) is 6.66. The van der Waals surface area contributed by atoms with Gasteiger partial charge in [-0.1, -0.05) is 0 Å². The SMILES string of the molecule is CCOc1ccc(C(C)=O)cc1C[C@@H](N)C(=O)O. The molecule has 0 fully saturated rings. The van der Waals surface area contributed by atoms with Crippen LogP contribution in [0.25, 0.3) is 0 Å². The van der Waals surface area contributed by atoms with Crippen LogP contribution in [-0.4, -0.2) is 29.5 Å². The van der Waals surface area contributed by atoms with E-state index >= 15 is 0 Å². The Morgan fingerprint density at radius 1 is 1.44 bits per heavy atom. The highest BCUT2D eigenvalue weighted by Crippen LogP contribution is 2.22. The lowest BCUT2D eigenvalue weighted by molar-refractivity contribution is -0.138. The van der Waals surface area contributed by atoms with Crippen molar-refractivity contribution in [1.82, 2.24) is 0 Å². The molecule has 0 aromatic heterocycles. The first kappa shape index (κ1) is 14.2. The highest BCUT2D eigenvalue weighted by Gasteiger charge is 2.16. The van der Waals surface area contributed by atoms with E-state index in [1.807, 2.05) is 6.92 Å². The number of carboxylic acids is 1. The Hall–Kier alpha value is -1.88. The number of hydrogen-bond acceptors (Lipinski definition) is 4. The van der Waals surface area contributed by atoms with Gasteiger partial charge in [0.2, 0.25) is 0 Å². The van der Waals surface area contributed by atoms with Crippen LogP contribution in [0.4, 0.5) is 0 Å². The van der Waals surface area contributed by atoms with Gasteiger partial charge in [-0.25, -0.2) is 0 Å². The fourth-order valence-electron chi connectivity index (χ4n) is 1.58. The molecule has 1 atom stereocenters. The summed E-state index contributed by atoms with van der Waals surface area (Å²) < 4.78 is 5.39. The first-order valence-corrected chi connectivity index (χ1v) is 5.70. The zero-order valence-electron chi connectivity index (χ0n) is 10.5. The predicted molar refractivity (Wildman–Crippen MR) is 66.9 cm³/mol. The molecule has 0 saturated carbocycles. The second-order valence-corrected chi connectivity index (χ2v) is 3.96. The smallest absolute Gasteiger partial charge is 0.320 e. The number of aliphatic carboxylic acids is 1. The molecule has 98 valence electrons. The molecule has 5 heteroatoms. The van der Waals surface area contributed by atoms with Gasteiger partial charge in [0.25, 0.3) is 0 Å². The Kier molecular flexibility index (Phi) is 4.85. The minimum Gasteiger partial charge on any atom is -0.494 e. The molecule has 0 unspecified atom stereocenters. The molecule has 3 N–H and O–H groups in total. The third kappa shape index (κ3) is 3.56. The molecule has 0 bridgehead atoms. The molecular weight excluding hydrogens is 234 g/mol. The van der Waals surface area contributed by atoms with Gasteiger partial charge in [-0.2, -0.15) is 0 Å². The van der Waals surface area contributed by atoms with E-state index in [0.29, 0.717) is 23.5 Å². The van der Waals surface area contributed by atoms with Crippen molar-refractivity contribution in [3.8, 4) is 5.75 Å². The molecule has 0 aliphatic carbocycles. The molecule has 1 rings (SSSR count). The molecule has 18 heavy (non-hydrogen) atoms. The van der Waals surface area contributed by atoms with E-state index in [1.165, 1.54) is 6.92 Å². The largest absolute Gasteiger partial charge is 0.494 e. The van der Waals surface area contributed by atoms with Crippen molar-refractivity contribution >= 4 is 11.8 Å². The van der Waals surface area contributed by atoms with Crippen LogP contribution in [0.15, 0.2) is 18.2 Å². The average Bonchev–Trinajstić information content (AvgIpc) is 2.31.